The zero-order valence-corrected chi connectivity index (χ0v) is 14.2. The maximum atomic E-state index is 13.8. The molecule has 1 unspecified atom stereocenters. The SMILES string of the molecule is CN=C(NCc1cc(F)cc2c1OCOC2)N(C)CC1CCOC1. The van der Waals surface area contributed by atoms with Gasteiger partial charge in [-0.05, 0) is 18.6 Å². The van der Waals surface area contributed by atoms with E-state index < -0.39 is 0 Å². The molecule has 7 heteroatoms. The van der Waals surface area contributed by atoms with Crippen molar-refractivity contribution in [3.8, 4) is 5.75 Å². The number of nitrogens with zero attached hydrogens (tertiary/aromatic N) is 2. The number of guanidine groups is 1. The molecule has 1 atom stereocenters. The Morgan fingerprint density at radius 1 is 1.42 bits per heavy atom. The second-order valence-corrected chi connectivity index (χ2v) is 6.17. The van der Waals surface area contributed by atoms with Crippen molar-refractivity contribution in [2.24, 2.45) is 10.9 Å². The molecule has 1 aromatic rings. The normalized spacial score (nSPS) is 20.5. The third-order valence-electron chi connectivity index (χ3n) is 4.32. The van der Waals surface area contributed by atoms with E-state index in [-0.39, 0.29) is 12.6 Å². The van der Waals surface area contributed by atoms with Gasteiger partial charge in [0.1, 0.15) is 11.6 Å². The van der Waals surface area contributed by atoms with Crippen molar-refractivity contribution in [3.63, 3.8) is 0 Å². The van der Waals surface area contributed by atoms with Crippen LogP contribution < -0.4 is 10.1 Å². The number of nitrogens with one attached hydrogen (secondary N) is 1. The van der Waals surface area contributed by atoms with Crippen LogP contribution in [0.2, 0.25) is 0 Å². The molecule has 132 valence electrons. The fraction of sp³-hybridized carbons (Fsp3) is 0.588. The number of fused-ring (bicyclic) bond motifs is 1. The van der Waals surface area contributed by atoms with E-state index in [1.165, 1.54) is 12.1 Å². The third-order valence-corrected chi connectivity index (χ3v) is 4.32. The second-order valence-electron chi connectivity index (χ2n) is 6.17. The van der Waals surface area contributed by atoms with Crippen molar-refractivity contribution in [2.75, 3.05) is 40.6 Å². The number of hydrogen-bond acceptors (Lipinski definition) is 4. The quantitative estimate of drug-likeness (QED) is 0.670. The second kappa shape index (κ2) is 7.81. The van der Waals surface area contributed by atoms with Crippen LogP contribution in [0.3, 0.4) is 0 Å². The molecule has 3 rings (SSSR count). The highest BCUT2D eigenvalue weighted by atomic mass is 19.1. The average Bonchev–Trinajstić information content (AvgIpc) is 3.08. The molecule has 0 spiro atoms. The number of halogens is 1. The Balaban J connectivity index is 1.64. The van der Waals surface area contributed by atoms with Gasteiger partial charge in [-0.2, -0.15) is 0 Å². The predicted molar refractivity (Wildman–Crippen MR) is 88.4 cm³/mol. The zero-order chi connectivity index (χ0) is 16.9. The largest absolute Gasteiger partial charge is 0.467 e. The lowest BCUT2D eigenvalue weighted by atomic mass is 10.1. The van der Waals surface area contributed by atoms with Crippen LogP contribution in [0.4, 0.5) is 4.39 Å². The van der Waals surface area contributed by atoms with Crippen molar-refractivity contribution < 1.29 is 18.6 Å². The van der Waals surface area contributed by atoms with Gasteiger partial charge in [0, 0.05) is 50.8 Å². The van der Waals surface area contributed by atoms with Gasteiger partial charge < -0.3 is 24.4 Å². The standard InChI is InChI=1S/C17H24FN3O3/c1-19-17(21(2)8-12-3-4-22-9-12)20-7-13-5-15(18)6-14-10-23-11-24-16(13)14/h5-6,12H,3-4,7-11H2,1-2H3,(H,19,20). The Kier molecular flexibility index (Phi) is 5.52. The van der Waals surface area contributed by atoms with Gasteiger partial charge in [-0.15, -0.1) is 0 Å². The Morgan fingerprint density at radius 3 is 3.04 bits per heavy atom. The van der Waals surface area contributed by atoms with Gasteiger partial charge in [0.2, 0.25) is 0 Å². The van der Waals surface area contributed by atoms with Gasteiger partial charge in [-0.3, -0.25) is 4.99 Å². The summed E-state index contributed by atoms with van der Waals surface area (Å²) in [6.45, 7) is 3.52. The van der Waals surface area contributed by atoms with E-state index in [0.29, 0.717) is 24.8 Å². The summed E-state index contributed by atoms with van der Waals surface area (Å²) in [5.74, 6) is 1.71. The predicted octanol–water partition coefficient (Wildman–Crippen LogP) is 1.74. The Labute approximate surface area is 141 Å². The minimum atomic E-state index is -0.286. The van der Waals surface area contributed by atoms with Crippen molar-refractivity contribution >= 4 is 5.96 Å². The Morgan fingerprint density at radius 2 is 2.29 bits per heavy atom. The summed E-state index contributed by atoms with van der Waals surface area (Å²) in [6.07, 6.45) is 1.08. The molecule has 1 N–H and O–H groups in total. The first-order valence-corrected chi connectivity index (χ1v) is 8.18. The molecule has 2 aliphatic rings. The van der Waals surface area contributed by atoms with Crippen LogP contribution in [0.1, 0.15) is 17.5 Å². The summed E-state index contributed by atoms with van der Waals surface area (Å²) < 4.78 is 30.0. The first-order chi connectivity index (χ1) is 11.7. The minimum absolute atomic E-state index is 0.196. The average molecular weight is 337 g/mol. The van der Waals surface area contributed by atoms with Crippen LogP contribution in [0.15, 0.2) is 17.1 Å². The smallest absolute Gasteiger partial charge is 0.193 e. The third kappa shape index (κ3) is 3.96. The number of hydrogen-bond donors (Lipinski definition) is 1. The molecule has 1 aromatic carbocycles. The van der Waals surface area contributed by atoms with Crippen LogP contribution in [0.25, 0.3) is 0 Å². The fourth-order valence-electron chi connectivity index (χ4n) is 3.15. The molecular weight excluding hydrogens is 313 g/mol. The lowest BCUT2D eigenvalue weighted by Gasteiger charge is -2.26. The summed E-state index contributed by atoms with van der Waals surface area (Å²) in [7, 11) is 3.74. The van der Waals surface area contributed by atoms with Gasteiger partial charge in [-0.1, -0.05) is 0 Å². The molecule has 2 aliphatic heterocycles. The summed E-state index contributed by atoms with van der Waals surface area (Å²) >= 11 is 0. The molecule has 0 amide bonds. The number of rotatable bonds is 4. The van der Waals surface area contributed by atoms with Gasteiger partial charge in [0.05, 0.1) is 13.2 Å². The summed E-state index contributed by atoms with van der Waals surface area (Å²) in [5.41, 5.74) is 1.51. The molecule has 2 heterocycles. The lowest BCUT2D eigenvalue weighted by molar-refractivity contribution is -0.0173. The molecule has 1 fully saturated rings. The van der Waals surface area contributed by atoms with Crippen molar-refractivity contribution in [1.29, 1.82) is 0 Å². The molecule has 1 saturated heterocycles. The van der Waals surface area contributed by atoms with Crippen LogP contribution in [-0.2, 0) is 22.6 Å². The molecular formula is C17H24FN3O3. The maximum absolute atomic E-state index is 13.8. The summed E-state index contributed by atoms with van der Waals surface area (Å²) in [4.78, 5) is 6.39. The minimum Gasteiger partial charge on any atom is -0.467 e. The van der Waals surface area contributed by atoms with E-state index in [4.69, 9.17) is 14.2 Å². The Hall–Kier alpha value is -1.86. The molecule has 0 saturated carbocycles. The number of ether oxygens (including phenoxy) is 3. The Bertz CT molecular complexity index is 603. The highest BCUT2D eigenvalue weighted by Gasteiger charge is 2.20. The van der Waals surface area contributed by atoms with Crippen LogP contribution in [0, 0.1) is 11.7 Å². The lowest BCUT2D eigenvalue weighted by Crippen LogP contribution is -2.41. The van der Waals surface area contributed by atoms with Gasteiger partial charge in [-0.25, -0.2) is 4.39 Å². The van der Waals surface area contributed by atoms with E-state index in [2.05, 4.69) is 15.2 Å². The molecule has 0 aromatic heterocycles. The van der Waals surface area contributed by atoms with E-state index >= 15 is 0 Å². The highest BCUT2D eigenvalue weighted by molar-refractivity contribution is 5.79. The molecule has 0 aliphatic carbocycles. The summed E-state index contributed by atoms with van der Waals surface area (Å²) in [6, 6.07) is 2.95. The number of aliphatic imine (C=N–C) groups is 1. The summed E-state index contributed by atoms with van der Waals surface area (Å²) in [5, 5.41) is 3.28. The van der Waals surface area contributed by atoms with Crippen molar-refractivity contribution in [2.45, 2.75) is 19.6 Å². The molecule has 6 nitrogen and oxygen atoms in total. The van der Waals surface area contributed by atoms with Crippen molar-refractivity contribution in [1.82, 2.24) is 10.2 Å². The van der Waals surface area contributed by atoms with Gasteiger partial charge in [0.25, 0.3) is 0 Å². The van der Waals surface area contributed by atoms with Crippen molar-refractivity contribution in [3.05, 3.63) is 29.1 Å². The van der Waals surface area contributed by atoms with E-state index in [1.54, 1.807) is 7.05 Å². The molecule has 0 bridgehead atoms. The highest BCUT2D eigenvalue weighted by Crippen LogP contribution is 2.29. The van der Waals surface area contributed by atoms with Crippen LogP contribution >= 0.6 is 0 Å². The van der Waals surface area contributed by atoms with E-state index in [9.17, 15) is 4.39 Å². The molecule has 24 heavy (non-hydrogen) atoms. The van der Waals surface area contributed by atoms with Crippen LogP contribution in [0.5, 0.6) is 5.75 Å². The topological polar surface area (TPSA) is 55.3 Å². The zero-order valence-electron chi connectivity index (χ0n) is 14.2. The number of benzene rings is 1. The fourth-order valence-corrected chi connectivity index (χ4v) is 3.15. The molecule has 0 radical (unpaired) electrons. The first-order valence-electron chi connectivity index (χ1n) is 8.18. The van der Waals surface area contributed by atoms with Crippen LogP contribution in [-0.4, -0.2) is 51.5 Å². The monoisotopic (exact) mass is 337 g/mol. The van der Waals surface area contributed by atoms with E-state index in [1.807, 2.05) is 7.05 Å². The maximum Gasteiger partial charge on any atom is 0.193 e. The van der Waals surface area contributed by atoms with E-state index in [0.717, 1.165) is 43.3 Å². The van der Waals surface area contributed by atoms with Gasteiger partial charge in [0.15, 0.2) is 12.8 Å². The van der Waals surface area contributed by atoms with Gasteiger partial charge >= 0.3 is 0 Å². The first kappa shape index (κ1) is 17.0.